The number of halogens is 3. The zero-order valence-electron chi connectivity index (χ0n) is 9.46. The smallest absolute Gasteiger partial charge is 0.322 e. The third-order valence-corrected chi connectivity index (χ3v) is 3.34. The predicted octanol–water partition coefficient (Wildman–Crippen LogP) is 3.07. The normalized spacial score (nSPS) is 13.9. The monoisotopic (exact) mass is 266 g/mol. The Morgan fingerprint density at radius 3 is 2.71 bits per heavy atom. The fourth-order valence-electron chi connectivity index (χ4n) is 1.44. The molecule has 2 nitrogen and oxygen atoms in total. The highest BCUT2D eigenvalue weighted by Crippen LogP contribution is 2.21. The summed E-state index contributed by atoms with van der Waals surface area (Å²) in [5.41, 5.74) is 5.89. The predicted molar refractivity (Wildman–Crippen MR) is 64.0 cm³/mol. The molecule has 1 aromatic heterocycles. The van der Waals surface area contributed by atoms with E-state index >= 15 is 0 Å². The van der Waals surface area contributed by atoms with Crippen LogP contribution >= 0.6 is 11.3 Å². The van der Waals surface area contributed by atoms with Gasteiger partial charge in [-0.1, -0.05) is 6.07 Å². The largest absolute Gasteiger partial charge is 0.389 e. The number of hydrogen-bond donors (Lipinski definition) is 2. The molecule has 0 aromatic carbocycles. The van der Waals surface area contributed by atoms with Crippen molar-refractivity contribution in [3.63, 3.8) is 0 Å². The molecule has 1 unspecified atom stereocenters. The van der Waals surface area contributed by atoms with Crippen molar-refractivity contribution < 1.29 is 13.2 Å². The van der Waals surface area contributed by atoms with E-state index in [9.17, 15) is 13.2 Å². The third-order valence-electron chi connectivity index (χ3n) is 2.34. The van der Waals surface area contributed by atoms with Gasteiger partial charge in [-0.3, -0.25) is 0 Å². The van der Waals surface area contributed by atoms with Crippen molar-refractivity contribution in [2.24, 2.45) is 5.73 Å². The first-order chi connectivity index (χ1) is 7.99. The third kappa shape index (κ3) is 6.65. The van der Waals surface area contributed by atoms with Crippen LogP contribution in [0, 0.1) is 0 Å². The lowest BCUT2D eigenvalue weighted by Gasteiger charge is -2.11. The maximum Gasteiger partial charge on any atom is 0.389 e. The highest BCUT2D eigenvalue weighted by molar-refractivity contribution is 7.10. The van der Waals surface area contributed by atoms with Crippen LogP contribution in [0.5, 0.6) is 0 Å². The van der Waals surface area contributed by atoms with Crippen LogP contribution in [0.4, 0.5) is 13.2 Å². The number of nitrogens with one attached hydrogen (secondary N) is 1. The van der Waals surface area contributed by atoms with E-state index in [0.717, 1.165) is 4.88 Å². The van der Waals surface area contributed by atoms with Crippen molar-refractivity contribution in [1.82, 2.24) is 5.32 Å². The van der Waals surface area contributed by atoms with Crippen LogP contribution in [0.2, 0.25) is 0 Å². The number of nitrogens with two attached hydrogens (primary N) is 1. The van der Waals surface area contributed by atoms with E-state index in [1.54, 1.807) is 11.3 Å². The number of hydrogen-bond acceptors (Lipinski definition) is 3. The van der Waals surface area contributed by atoms with Gasteiger partial charge in [-0.25, -0.2) is 0 Å². The van der Waals surface area contributed by atoms with Gasteiger partial charge in [-0.2, -0.15) is 13.2 Å². The van der Waals surface area contributed by atoms with Crippen LogP contribution in [-0.2, 0) is 0 Å². The Morgan fingerprint density at radius 2 is 2.12 bits per heavy atom. The SMILES string of the molecule is NC(CNCCCCC(F)(F)F)c1cccs1. The summed E-state index contributed by atoms with van der Waals surface area (Å²) in [5.74, 6) is 0. The number of unbranched alkanes of at least 4 members (excludes halogenated alkanes) is 1. The molecule has 1 rings (SSSR count). The summed E-state index contributed by atoms with van der Waals surface area (Å²) in [4.78, 5) is 1.09. The topological polar surface area (TPSA) is 38.0 Å². The van der Waals surface area contributed by atoms with Crippen molar-refractivity contribution in [2.45, 2.75) is 31.5 Å². The van der Waals surface area contributed by atoms with E-state index in [0.29, 0.717) is 19.5 Å². The molecule has 17 heavy (non-hydrogen) atoms. The van der Waals surface area contributed by atoms with Crippen molar-refractivity contribution in [2.75, 3.05) is 13.1 Å². The molecular formula is C11H17F3N2S. The maximum atomic E-state index is 11.8. The van der Waals surface area contributed by atoms with E-state index in [1.165, 1.54) is 0 Å². The molecule has 1 aromatic rings. The number of thiophene rings is 1. The standard InChI is InChI=1S/C11H17F3N2S/c12-11(13,14)5-1-2-6-16-8-9(15)10-4-3-7-17-10/h3-4,7,9,16H,1-2,5-6,8,15H2. The lowest BCUT2D eigenvalue weighted by molar-refractivity contribution is -0.135. The summed E-state index contributed by atoms with van der Waals surface area (Å²) in [6.07, 6.45) is -4.04. The molecule has 0 radical (unpaired) electrons. The van der Waals surface area contributed by atoms with Crippen molar-refractivity contribution in [3.05, 3.63) is 22.4 Å². The fraction of sp³-hybridized carbons (Fsp3) is 0.636. The van der Waals surface area contributed by atoms with Gasteiger partial charge in [0.15, 0.2) is 0 Å². The minimum Gasteiger partial charge on any atom is -0.322 e. The minimum absolute atomic E-state index is 0.0717. The molecule has 0 saturated heterocycles. The lowest BCUT2D eigenvalue weighted by atomic mass is 10.2. The molecule has 0 aliphatic rings. The first-order valence-electron chi connectivity index (χ1n) is 5.55. The Hall–Kier alpha value is -0.590. The van der Waals surface area contributed by atoms with Gasteiger partial charge in [-0.05, 0) is 30.8 Å². The zero-order chi connectivity index (χ0) is 12.7. The summed E-state index contributed by atoms with van der Waals surface area (Å²) in [6.45, 7) is 1.18. The Balaban J connectivity index is 2.01. The second kappa shape index (κ2) is 6.98. The number of rotatable bonds is 7. The quantitative estimate of drug-likeness (QED) is 0.744. The van der Waals surface area contributed by atoms with E-state index < -0.39 is 12.6 Å². The van der Waals surface area contributed by atoms with Crippen molar-refractivity contribution in [1.29, 1.82) is 0 Å². The Labute approximate surface area is 103 Å². The maximum absolute atomic E-state index is 11.8. The molecule has 0 amide bonds. The van der Waals surface area contributed by atoms with E-state index in [1.807, 2.05) is 17.5 Å². The van der Waals surface area contributed by atoms with Gasteiger partial charge in [-0.15, -0.1) is 11.3 Å². The van der Waals surface area contributed by atoms with Gasteiger partial charge in [0.25, 0.3) is 0 Å². The second-order valence-electron chi connectivity index (χ2n) is 3.90. The molecule has 0 bridgehead atoms. The summed E-state index contributed by atoms with van der Waals surface area (Å²) >= 11 is 1.59. The molecule has 6 heteroatoms. The average Bonchev–Trinajstić information content (AvgIpc) is 2.74. The van der Waals surface area contributed by atoms with Crippen LogP contribution in [-0.4, -0.2) is 19.3 Å². The molecule has 98 valence electrons. The molecule has 0 aliphatic carbocycles. The Morgan fingerprint density at radius 1 is 1.35 bits per heavy atom. The van der Waals surface area contributed by atoms with Crippen molar-refractivity contribution in [3.8, 4) is 0 Å². The van der Waals surface area contributed by atoms with Crippen LogP contribution in [0.1, 0.15) is 30.2 Å². The Kier molecular flexibility index (Phi) is 5.94. The van der Waals surface area contributed by atoms with Gasteiger partial charge in [0.1, 0.15) is 0 Å². The summed E-state index contributed by atoms with van der Waals surface area (Å²) < 4.78 is 35.5. The first-order valence-corrected chi connectivity index (χ1v) is 6.43. The molecule has 3 N–H and O–H groups in total. The first kappa shape index (κ1) is 14.5. The highest BCUT2D eigenvalue weighted by atomic mass is 32.1. The highest BCUT2D eigenvalue weighted by Gasteiger charge is 2.25. The van der Waals surface area contributed by atoms with Crippen LogP contribution in [0.3, 0.4) is 0 Å². The summed E-state index contributed by atoms with van der Waals surface area (Å²) in [6, 6.07) is 3.82. The van der Waals surface area contributed by atoms with Gasteiger partial charge < -0.3 is 11.1 Å². The Bertz CT molecular complexity index is 298. The average molecular weight is 266 g/mol. The molecule has 0 saturated carbocycles. The summed E-state index contributed by atoms with van der Waals surface area (Å²) in [7, 11) is 0. The molecule has 0 aliphatic heterocycles. The molecular weight excluding hydrogens is 249 g/mol. The van der Waals surface area contributed by atoms with Crippen LogP contribution < -0.4 is 11.1 Å². The number of alkyl halides is 3. The van der Waals surface area contributed by atoms with Crippen LogP contribution in [0.15, 0.2) is 17.5 Å². The molecule has 0 fully saturated rings. The minimum atomic E-state index is -4.03. The van der Waals surface area contributed by atoms with Gasteiger partial charge in [0, 0.05) is 17.8 Å². The molecule has 1 heterocycles. The van der Waals surface area contributed by atoms with Crippen molar-refractivity contribution >= 4 is 11.3 Å². The van der Waals surface area contributed by atoms with Crippen LogP contribution in [0.25, 0.3) is 0 Å². The van der Waals surface area contributed by atoms with E-state index in [-0.39, 0.29) is 12.5 Å². The lowest BCUT2D eigenvalue weighted by Crippen LogP contribution is -2.27. The van der Waals surface area contributed by atoms with E-state index in [4.69, 9.17) is 5.73 Å². The second-order valence-corrected chi connectivity index (χ2v) is 4.88. The van der Waals surface area contributed by atoms with E-state index in [2.05, 4.69) is 5.32 Å². The molecule has 0 spiro atoms. The van der Waals surface area contributed by atoms with Gasteiger partial charge in [0.05, 0.1) is 6.04 Å². The molecule has 1 atom stereocenters. The zero-order valence-corrected chi connectivity index (χ0v) is 10.3. The van der Waals surface area contributed by atoms with Gasteiger partial charge >= 0.3 is 6.18 Å². The fourth-order valence-corrected chi connectivity index (χ4v) is 2.17. The summed E-state index contributed by atoms with van der Waals surface area (Å²) in [5, 5.41) is 5.03. The van der Waals surface area contributed by atoms with Gasteiger partial charge in [0.2, 0.25) is 0 Å².